The molecule has 3 nitrogen and oxygen atoms in total. The van der Waals surface area contributed by atoms with Gasteiger partial charge in [-0.1, -0.05) is 11.6 Å². The van der Waals surface area contributed by atoms with Crippen molar-refractivity contribution in [1.29, 1.82) is 0 Å². The van der Waals surface area contributed by atoms with E-state index in [0.29, 0.717) is 6.04 Å². The lowest BCUT2D eigenvalue weighted by Gasteiger charge is -2.38. The molecule has 19 heavy (non-hydrogen) atoms. The Morgan fingerprint density at radius 3 is 2.89 bits per heavy atom. The summed E-state index contributed by atoms with van der Waals surface area (Å²) >= 11 is 6.29. The van der Waals surface area contributed by atoms with Gasteiger partial charge in [0, 0.05) is 30.9 Å². The van der Waals surface area contributed by atoms with E-state index >= 15 is 0 Å². The zero-order valence-corrected chi connectivity index (χ0v) is 12.9. The highest BCUT2D eigenvalue weighted by Crippen LogP contribution is 2.28. The number of hydrogen-bond acceptors (Lipinski definition) is 3. The number of pyridine rings is 1. The molecule has 1 unspecified atom stereocenters. The van der Waals surface area contributed by atoms with Crippen molar-refractivity contribution in [2.45, 2.75) is 51.6 Å². The monoisotopic (exact) mass is 281 g/mol. The SMILES string of the molecule is CC(C)(C)NCC1CCCCN1c1ncccc1Cl. The minimum Gasteiger partial charge on any atom is -0.351 e. The molecule has 1 fully saturated rings. The molecule has 0 aliphatic carbocycles. The summed E-state index contributed by atoms with van der Waals surface area (Å²) in [5.74, 6) is 0.935. The molecule has 1 aromatic heterocycles. The summed E-state index contributed by atoms with van der Waals surface area (Å²) in [6.07, 6.45) is 5.54. The number of piperidine rings is 1. The van der Waals surface area contributed by atoms with E-state index in [2.05, 4.69) is 36.0 Å². The van der Waals surface area contributed by atoms with Crippen molar-refractivity contribution in [2.24, 2.45) is 0 Å². The van der Waals surface area contributed by atoms with Gasteiger partial charge in [0.1, 0.15) is 5.82 Å². The van der Waals surface area contributed by atoms with E-state index in [1.165, 1.54) is 19.3 Å². The van der Waals surface area contributed by atoms with Crippen LogP contribution in [-0.4, -0.2) is 29.7 Å². The first kappa shape index (κ1) is 14.6. The zero-order valence-electron chi connectivity index (χ0n) is 12.1. The number of halogens is 1. The van der Waals surface area contributed by atoms with Gasteiger partial charge in [0.2, 0.25) is 0 Å². The first-order valence-electron chi connectivity index (χ1n) is 7.09. The van der Waals surface area contributed by atoms with Gasteiger partial charge in [0.25, 0.3) is 0 Å². The second-order valence-electron chi connectivity index (χ2n) is 6.28. The first-order chi connectivity index (χ1) is 8.97. The van der Waals surface area contributed by atoms with Gasteiger partial charge in [-0.05, 0) is 52.2 Å². The molecule has 106 valence electrons. The average Bonchev–Trinajstić information content (AvgIpc) is 2.37. The van der Waals surface area contributed by atoms with Crippen molar-refractivity contribution in [3.63, 3.8) is 0 Å². The highest BCUT2D eigenvalue weighted by molar-refractivity contribution is 6.32. The summed E-state index contributed by atoms with van der Waals surface area (Å²) < 4.78 is 0. The maximum atomic E-state index is 6.29. The number of nitrogens with zero attached hydrogens (tertiary/aromatic N) is 2. The lowest BCUT2D eigenvalue weighted by molar-refractivity contribution is 0.365. The standard InChI is InChI=1S/C15H24ClN3/c1-15(2,3)18-11-12-7-4-5-10-19(12)14-13(16)8-6-9-17-14/h6,8-9,12,18H,4-5,7,10-11H2,1-3H3. The van der Waals surface area contributed by atoms with E-state index in [1.807, 2.05) is 18.3 Å². The second kappa shape index (κ2) is 6.10. The lowest BCUT2D eigenvalue weighted by atomic mass is 10.0. The number of nitrogens with one attached hydrogen (secondary N) is 1. The molecule has 1 aliphatic rings. The van der Waals surface area contributed by atoms with E-state index in [4.69, 9.17) is 11.6 Å². The van der Waals surface area contributed by atoms with Gasteiger partial charge in [0.15, 0.2) is 0 Å². The summed E-state index contributed by atoms with van der Waals surface area (Å²) in [6.45, 7) is 8.64. The van der Waals surface area contributed by atoms with Crippen LogP contribution in [0.15, 0.2) is 18.3 Å². The Bertz CT molecular complexity index is 414. The molecule has 1 saturated heterocycles. The zero-order chi connectivity index (χ0) is 13.9. The van der Waals surface area contributed by atoms with E-state index < -0.39 is 0 Å². The van der Waals surface area contributed by atoms with Gasteiger partial charge >= 0.3 is 0 Å². The summed E-state index contributed by atoms with van der Waals surface area (Å²) in [6, 6.07) is 4.30. The predicted octanol–water partition coefficient (Wildman–Crippen LogP) is 3.48. The van der Waals surface area contributed by atoms with Crippen LogP contribution in [0.2, 0.25) is 5.02 Å². The van der Waals surface area contributed by atoms with Crippen LogP contribution in [0.1, 0.15) is 40.0 Å². The molecule has 1 aromatic rings. The van der Waals surface area contributed by atoms with Crippen LogP contribution < -0.4 is 10.2 Å². The third-order valence-corrected chi connectivity index (χ3v) is 3.80. The van der Waals surface area contributed by atoms with Crippen LogP contribution in [0, 0.1) is 0 Å². The number of rotatable bonds is 3. The Hall–Kier alpha value is -0.800. The number of anilines is 1. The number of hydrogen-bond donors (Lipinski definition) is 1. The molecule has 1 aliphatic heterocycles. The molecule has 0 aromatic carbocycles. The smallest absolute Gasteiger partial charge is 0.147 e. The first-order valence-corrected chi connectivity index (χ1v) is 7.47. The maximum Gasteiger partial charge on any atom is 0.147 e. The molecular weight excluding hydrogens is 258 g/mol. The van der Waals surface area contributed by atoms with Gasteiger partial charge in [-0.3, -0.25) is 0 Å². The van der Waals surface area contributed by atoms with Crippen LogP contribution in [0.3, 0.4) is 0 Å². The highest BCUT2D eigenvalue weighted by Gasteiger charge is 2.26. The minimum atomic E-state index is 0.150. The van der Waals surface area contributed by atoms with Crippen LogP contribution >= 0.6 is 11.6 Å². The molecule has 1 atom stereocenters. The molecule has 4 heteroatoms. The van der Waals surface area contributed by atoms with Crippen LogP contribution in [0.25, 0.3) is 0 Å². The fourth-order valence-electron chi connectivity index (χ4n) is 2.50. The third-order valence-electron chi connectivity index (χ3n) is 3.51. The van der Waals surface area contributed by atoms with Crippen molar-refractivity contribution >= 4 is 17.4 Å². The Balaban J connectivity index is 2.10. The van der Waals surface area contributed by atoms with Gasteiger partial charge in [0.05, 0.1) is 5.02 Å². The van der Waals surface area contributed by atoms with Crippen molar-refractivity contribution < 1.29 is 0 Å². The van der Waals surface area contributed by atoms with E-state index in [0.717, 1.165) is 23.9 Å². The molecule has 0 bridgehead atoms. The predicted molar refractivity (Wildman–Crippen MR) is 82.0 cm³/mol. The Labute approximate surface area is 121 Å². The van der Waals surface area contributed by atoms with Crippen LogP contribution in [0.4, 0.5) is 5.82 Å². The summed E-state index contributed by atoms with van der Waals surface area (Å²) in [4.78, 5) is 6.83. The quantitative estimate of drug-likeness (QED) is 0.919. The molecule has 0 amide bonds. The topological polar surface area (TPSA) is 28.2 Å². The fourth-order valence-corrected chi connectivity index (χ4v) is 2.73. The van der Waals surface area contributed by atoms with Crippen molar-refractivity contribution in [2.75, 3.05) is 18.0 Å². The lowest BCUT2D eigenvalue weighted by Crippen LogP contribution is -2.50. The summed E-state index contributed by atoms with van der Waals surface area (Å²) in [7, 11) is 0. The van der Waals surface area contributed by atoms with Gasteiger partial charge < -0.3 is 10.2 Å². The van der Waals surface area contributed by atoms with Gasteiger partial charge in [-0.2, -0.15) is 0 Å². The molecule has 0 saturated carbocycles. The number of aromatic nitrogens is 1. The van der Waals surface area contributed by atoms with Crippen molar-refractivity contribution in [3.8, 4) is 0 Å². The van der Waals surface area contributed by atoms with Crippen LogP contribution in [0.5, 0.6) is 0 Å². The van der Waals surface area contributed by atoms with E-state index in [-0.39, 0.29) is 5.54 Å². The van der Waals surface area contributed by atoms with E-state index in [1.54, 1.807) is 0 Å². The van der Waals surface area contributed by atoms with Gasteiger partial charge in [-0.15, -0.1) is 0 Å². The summed E-state index contributed by atoms with van der Waals surface area (Å²) in [5.41, 5.74) is 0.150. The third kappa shape index (κ3) is 4.08. The largest absolute Gasteiger partial charge is 0.351 e. The van der Waals surface area contributed by atoms with Crippen LogP contribution in [-0.2, 0) is 0 Å². The Morgan fingerprint density at radius 1 is 1.42 bits per heavy atom. The normalized spacial score (nSPS) is 20.6. The summed E-state index contributed by atoms with van der Waals surface area (Å²) in [5, 5.41) is 4.35. The Morgan fingerprint density at radius 2 is 2.21 bits per heavy atom. The fraction of sp³-hybridized carbons (Fsp3) is 0.667. The Kier molecular flexibility index (Phi) is 4.69. The average molecular weight is 282 g/mol. The van der Waals surface area contributed by atoms with Crippen molar-refractivity contribution in [1.82, 2.24) is 10.3 Å². The van der Waals surface area contributed by atoms with Crippen molar-refractivity contribution in [3.05, 3.63) is 23.4 Å². The molecular formula is C15H24ClN3. The molecule has 0 spiro atoms. The minimum absolute atomic E-state index is 0.150. The molecule has 1 N–H and O–H groups in total. The molecule has 0 radical (unpaired) electrons. The molecule has 2 rings (SSSR count). The molecule has 2 heterocycles. The van der Waals surface area contributed by atoms with E-state index in [9.17, 15) is 0 Å². The maximum absolute atomic E-state index is 6.29. The second-order valence-corrected chi connectivity index (χ2v) is 6.69. The highest BCUT2D eigenvalue weighted by atomic mass is 35.5. The van der Waals surface area contributed by atoms with Gasteiger partial charge in [-0.25, -0.2) is 4.98 Å².